The average molecular weight is 171 g/mol. The van der Waals surface area contributed by atoms with E-state index in [1.807, 2.05) is 0 Å². The second kappa shape index (κ2) is 5.51. The van der Waals surface area contributed by atoms with E-state index in [0.29, 0.717) is 0 Å². The minimum absolute atomic E-state index is 0.207. The number of hydrogen-bond donors (Lipinski definition) is 2. The quantitative estimate of drug-likeness (QED) is 0.353. The first-order valence-corrected chi connectivity index (χ1v) is 3.52. The zero-order valence-corrected chi connectivity index (χ0v) is 6.99. The van der Waals surface area contributed by atoms with Crippen LogP contribution in [0.15, 0.2) is 24.5 Å². The van der Waals surface area contributed by atoms with Gasteiger partial charge in [0.1, 0.15) is 5.76 Å². The first-order chi connectivity index (χ1) is 5.61. The van der Waals surface area contributed by atoms with Crippen molar-refractivity contribution >= 4 is 5.97 Å². The molecule has 0 saturated carbocycles. The highest BCUT2D eigenvalue weighted by molar-refractivity contribution is 5.82. The smallest absolute Gasteiger partial charge is 0.335 e. The molecule has 1 atom stereocenters. The van der Waals surface area contributed by atoms with E-state index >= 15 is 0 Å². The van der Waals surface area contributed by atoms with Crippen molar-refractivity contribution in [2.45, 2.75) is 13.0 Å². The molecule has 1 unspecified atom stereocenters. The summed E-state index contributed by atoms with van der Waals surface area (Å²) in [5.74, 6) is -0.325. The van der Waals surface area contributed by atoms with Gasteiger partial charge in [-0.05, 0) is 13.0 Å². The molecular weight excluding hydrogens is 158 g/mol. The van der Waals surface area contributed by atoms with Crippen LogP contribution in [0.5, 0.6) is 0 Å². The van der Waals surface area contributed by atoms with Gasteiger partial charge < -0.3 is 15.6 Å². The molecule has 0 aromatic carbocycles. The van der Waals surface area contributed by atoms with Crippen LogP contribution in [0.25, 0.3) is 0 Å². The van der Waals surface area contributed by atoms with Gasteiger partial charge in [-0.2, -0.15) is 0 Å². The molecule has 0 amide bonds. The fraction of sp³-hybridized carbons (Fsp3) is 0.375. The lowest BCUT2D eigenvalue weighted by Gasteiger charge is -2.09. The molecular formula is C8H13NO3. The topological polar surface area (TPSA) is 72.5 Å². The molecule has 0 fully saturated rings. The van der Waals surface area contributed by atoms with Gasteiger partial charge in [-0.1, -0.05) is 6.58 Å². The van der Waals surface area contributed by atoms with Crippen LogP contribution in [0, 0.1) is 0 Å². The predicted molar refractivity (Wildman–Crippen MR) is 45.1 cm³/mol. The number of ether oxygens (including phenoxy) is 1. The van der Waals surface area contributed by atoms with E-state index in [1.165, 1.54) is 6.08 Å². The highest BCUT2D eigenvalue weighted by Crippen LogP contribution is 2.02. The number of carbonyl (C=O) groups excluding carboxylic acids is 1. The highest BCUT2D eigenvalue weighted by Gasteiger charge is 2.07. The Labute approximate surface area is 71.3 Å². The molecule has 4 nitrogen and oxygen atoms in total. The van der Waals surface area contributed by atoms with Gasteiger partial charge in [-0.15, -0.1) is 0 Å². The average Bonchev–Trinajstić information content (AvgIpc) is 2.03. The summed E-state index contributed by atoms with van der Waals surface area (Å²) in [6, 6.07) is -0.416. The van der Waals surface area contributed by atoms with E-state index in [-0.39, 0.29) is 12.4 Å². The van der Waals surface area contributed by atoms with Crippen LogP contribution in [0.1, 0.15) is 6.92 Å². The van der Waals surface area contributed by atoms with Crippen LogP contribution in [-0.2, 0) is 9.53 Å². The molecule has 0 aromatic heterocycles. The molecule has 3 N–H and O–H groups in total. The van der Waals surface area contributed by atoms with Crippen LogP contribution in [0.2, 0.25) is 0 Å². The minimum atomic E-state index is -0.577. The van der Waals surface area contributed by atoms with Crippen LogP contribution in [0.3, 0.4) is 0 Å². The molecule has 0 heterocycles. The van der Waals surface area contributed by atoms with Crippen molar-refractivity contribution in [1.82, 2.24) is 0 Å². The van der Waals surface area contributed by atoms with Crippen molar-refractivity contribution in [3.8, 4) is 0 Å². The fourth-order valence-corrected chi connectivity index (χ4v) is 0.568. The number of aliphatic hydroxyl groups excluding tert-OH is 1. The Morgan fingerprint density at radius 2 is 2.42 bits per heavy atom. The van der Waals surface area contributed by atoms with Gasteiger partial charge in [0.25, 0.3) is 0 Å². The first-order valence-electron chi connectivity index (χ1n) is 3.52. The maximum absolute atomic E-state index is 10.7. The summed E-state index contributed by atoms with van der Waals surface area (Å²) in [6.45, 7) is 4.67. The van der Waals surface area contributed by atoms with Gasteiger partial charge in [0.15, 0.2) is 0 Å². The van der Waals surface area contributed by atoms with Gasteiger partial charge in [0.2, 0.25) is 0 Å². The maximum atomic E-state index is 10.7. The minimum Gasteiger partial charge on any atom is -0.426 e. The Hall–Kier alpha value is -1.13. The van der Waals surface area contributed by atoms with Crippen molar-refractivity contribution in [3.05, 3.63) is 24.5 Å². The first kappa shape index (κ1) is 10.9. The van der Waals surface area contributed by atoms with E-state index in [2.05, 4.69) is 6.58 Å². The largest absolute Gasteiger partial charge is 0.426 e. The SMILES string of the molecule is C=CC(=O)OC(=CCO)C(C)N. The predicted octanol–water partition coefficient (Wildman–Crippen LogP) is -0.0610. The van der Waals surface area contributed by atoms with Crippen LogP contribution < -0.4 is 5.73 Å². The fourth-order valence-electron chi connectivity index (χ4n) is 0.568. The summed E-state index contributed by atoms with van der Waals surface area (Å²) in [7, 11) is 0. The number of hydrogen-bond acceptors (Lipinski definition) is 4. The molecule has 0 radical (unpaired) electrons. The molecule has 0 bridgehead atoms. The molecule has 0 saturated heterocycles. The summed E-state index contributed by atoms with van der Waals surface area (Å²) >= 11 is 0. The standard InChI is InChI=1S/C8H13NO3/c1-3-8(11)12-7(4-5-10)6(2)9/h3-4,6,10H,1,5,9H2,2H3. The Morgan fingerprint density at radius 3 is 2.75 bits per heavy atom. The molecule has 0 aliphatic carbocycles. The number of rotatable bonds is 4. The van der Waals surface area contributed by atoms with E-state index in [4.69, 9.17) is 15.6 Å². The van der Waals surface area contributed by atoms with Gasteiger partial charge in [-0.25, -0.2) is 4.79 Å². The number of carbonyl (C=O) groups is 1. The van der Waals surface area contributed by atoms with E-state index in [1.54, 1.807) is 6.92 Å². The number of nitrogens with two attached hydrogens (primary N) is 1. The van der Waals surface area contributed by atoms with Gasteiger partial charge in [0, 0.05) is 6.08 Å². The van der Waals surface area contributed by atoms with E-state index < -0.39 is 12.0 Å². The van der Waals surface area contributed by atoms with Crippen LogP contribution >= 0.6 is 0 Å². The Morgan fingerprint density at radius 1 is 1.83 bits per heavy atom. The lowest BCUT2D eigenvalue weighted by atomic mass is 10.3. The third kappa shape index (κ3) is 3.90. The maximum Gasteiger partial charge on any atom is 0.335 e. The molecule has 4 heteroatoms. The van der Waals surface area contributed by atoms with E-state index in [9.17, 15) is 4.79 Å². The van der Waals surface area contributed by atoms with Gasteiger partial charge >= 0.3 is 5.97 Å². The van der Waals surface area contributed by atoms with Crippen molar-refractivity contribution in [1.29, 1.82) is 0 Å². The zero-order valence-electron chi connectivity index (χ0n) is 6.99. The molecule has 0 aromatic rings. The van der Waals surface area contributed by atoms with Crippen LogP contribution in [0.4, 0.5) is 0 Å². The Bertz CT molecular complexity index is 196. The normalized spacial score (nSPS) is 13.8. The summed E-state index contributed by atoms with van der Waals surface area (Å²) in [5, 5.41) is 8.52. The third-order valence-corrected chi connectivity index (χ3v) is 1.13. The molecule has 0 rings (SSSR count). The van der Waals surface area contributed by atoms with E-state index in [0.717, 1.165) is 6.08 Å². The van der Waals surface area contributed by atoms with Crippen LogP contribution in [-0.4, -0.2) is 23.7 Å². The summed E-state index contributed by atoms with van der Waals surface area (Å²) in [6.07, 6.45) is 2.37. The van der Waals surface area contributed by atoms with Crippen molar-refractivity contribution in [2.75, 3.05) is 6.61 Å². The summed E-state index contributed by atoms with van der Waals surface area (Å²) in [4.78, 5) is 10.7. The number of esters is 1. The summed E-state index contributed by atoms with van der Waals surface area (Å²) < 4.78 is 4.72. The third-order valence-electron chi connectivity index (χ3n) is 1.13. The van der Waals surface area contributed by atoms with Crippen molar-refractivity contribution in [2.24, 2.45) is 5.73 Å². The van der Waals surface area contributed by atoms with Crippen molar-refractivity contribution in [3.63, 3.8) is 0 Å². The van der Waals surface area contributed by atoms with Gasteiger partial charge in [0.05, 0.1) is 12.6 Å². The molecule has 0 spiro atoms. The van der Waals surface area contributed by atoms with Gasteiger partial charge in [-0.3, -0.25) is 0 Å². The zero-order chi connectivity index (χ0) is 9.56. The lowest BCUT2D eigenvalue weighted by Crippen LogP contribution is -2.22. The Balaban J connectivity index is 4.23. The molecule has 12 heavy (non-hydrogen) atoms. The monoisotopic (exact) mass is 171 g/mol. The highest BCUT2D eigenvalue weighted by atomic mass is 16.5. The Kier molecular flexibility index (Phi) is 4.99. The number of aliphatic hydroxyl groups is 1. The lowest BCUT2D eigenvalue weighted by molar-refractivity contribution is -0.134. The van der Waals surface area contributed by atoms with Crippen molar-refractivity contribution < 1.29 is 14.6 Å². The molecule has 0 aliphatic rings. The second-order valence-electron chi connectivity index (χ2n) is 2.20. The molecule has 68 valence electrons. The second-order valence-corrected chi connectivity index (χ2v) is 2.20. The summed E-state index contributed by atoms with van der Waals surface area (Å²) in [5.41, 5.74) is 5.43. The molecule has 0 aliphatic heterocycles.